The number of aliphatic hydroxyl groups excluding tert-OH is 1. The minimum absolute atomic E-state index is 0.0254. The molecule has 1 unspecified atom stereocenters. The highest BCUT2D eigenvalue weighted by Gasteiger charge is 2.33. The molecule has 0 heterocycles. The van der Waals surface area contributed by atoms with Crippen LogP contribution in [0.3, 0.4) is 0 Å². The maximum atomic E-state index is 11.8. The van der Waals surface area contributed by atoms with Gasteiger partial charge >= 0.3 is 0 Å². The third-order valence-corrected chi connectivity index (χ3v) is 3.22. The van der Waals surface area contributed by atoms with Gasteiger partial charge < -0.3 is 5.11 Å². The first-order chi connectivity index (χ1) is 7.89. The first-order valence-electron chi connectivity index (χ1n) is 5.58. The molecule has 2 rings (SSSR count). The fourth-order valence-electron chi connectivity index (χ4n) is 2.12. The summed E-state index contributed by atoms with van der Waals surface area (Å²) in [5.74, 6) is 0.0254. The van der Waals surface area contributed by atoms with Crippen molar-refractivity contribution in [2.24, 2.45) is 5.41 Å². The van der Waals surface area contributed by atoms with Gasteiger partial charge in [0.25, 0.3) is 0 Å². The van der Waals surface area contributed by atoms with Crippen LogP contribution in [-0.4, -0.2) is 10.9 Å². The Bertz CT molecular complexity index is 472. The fraction of sp³-hybridized carbons (Fsp3) is 0.357. The number of benzene rings is 1. The molecule has 90 valence electrons. The zero-order chi connectivity index (χ0) is 12.6. The summed E-state index contributed by atoms with van der Waals surface area (Å²) in [4.78, 5) is 11.8. The Kier molecular flexibility index (Phi) is 3.11. The van der Waals surface area contributed by atoms with E-state index in [4.69, 9.17) is 11.6 Å². The monoisotopic (exact) mass is 250 g/mol. The Labute approximate surface area is 106 Å². The van der Waals surface area contributed by atoms with Crippen molar-refractivity contribution in [2.75, 3.05) is 0 Å². The minimum Gasteiger partial charge on any atom is -0.384 e. The van der Waals surface area contributed by atoms with E-state index < -0.39 is 6.10 Å². The number of aliphatic hydroxyl groups is 1. The topological polar surface area (TPSA) is 37.3 Å². The summed E-state index contributed by atoms with van der Waals surface area (Å²) in [5, 5.41) is 10.8. The number of rotatable bonds is 2. The molecule has 0 saturated heterocycles. The van der Waals surface area contributed by atoms with E-state index in [0.717, 1.165) is 0 Å². The average Bonchev–Trinajstić information content (AvgIpc) is 2.52. The summed E-state index contributed by atoms with van der Waals surface area (Å²) in [5.41, 5.74) is 1.05. The average molecular weight is 251 g/mol. The van der Waals surface area contributed by atoms with Crippen molar-refractivity contribution >= 4 is 17.4 Å². The maximum absolute atomic E-state index is 11.8. The second-order valence-corrected chi connectivity index (χ2v) is 5.58. The molecule has 0 aromatic heterocycles. The van der Waals surface area contributed by atoms with Crippen molar-refractivity contribution in [1.29, 1.82) is 0 Å². The molecule has 0 radical (unpaired) electrons. The summed E-state index contributed by atoms with van der Waals surface area (Å²) >= 11 is 5.79. The second-order valence-electron chi connectivity index (χ2n) is 5.14. The largest absolute Gasteiger partial charge is 0.384 e. The lowest BCUT2D eigenvalue weighted by Gasteiger charge is -2.11. The van der Waals surface area contributed by atoms with Gasteiger partial charge in [-0.05, 0) is 23.1 Å². The van der Waals surface area contributed by atoms with Gasteiger partial charge in [0.1, 0.15) is 6.10 Å². The lowest BCUT2D eigenvalue weighted by Crippen LogP contribution is -2.08. The summed E-state index contributed by atoms with van der Waals surface area (Å²) in [7, 11) is 0. The lowest BCUT2D eigenvalue weighted by atomic mass is 9.93. The van der Waals surface area contributed by atoms with Crippen LogP contribution >= 0.6 is 11.6 Å². The molecular weight excluding hydrogens is 236 g/mol. The van der Waals surface area contributed by atoms with Crippen molar-refractivity contribution in [3.8, 4) is 0 Å². The standard InChI is InChI=1S/C14H15ClO2/c1-14(2)7-11(12(16)8-14)13(17)9-3-5-10(15)6-4-9/h3-7,13,17H,8H2,1-2H3. The van der Waals surface area contributed by atoms with E-state index in [-0.39, 0.29) is 11.2 Å². The molecule has 0 saturated carbocycles. The summed E-state index contributed by atoms with van der Waals surface area (Å²) in [6, 6.07) is 6.91. The molecule has 17 heavy (non-hydrogen) atoms. The SMILES string of the molecule is CC1(C)C=C(C(O)c2ccc(Cl)cc2)C(=O)C1. The molecule has 0 aliphatic heterocycles. The van der Waals surface area contributed by atoms with E-state index >= 15 is 0 Å². The highest BCUT2D eigenvalue weighted by Crippen LogP contribution is 2.38. The quantitative estimate of drug-likeness (QED) is 0.875. The molecule has 1 aromatic rings. The number of Topliss-reactive ketones (excluding diaryl/α,β-unsaturated/α-hetero) is 1. The van der Waals surface area contributed by atoms with Crippen molar-refractivity contribution in [2.45, 2.75) is 26.4 Å². The third-order valence-electron chi connectivity index (χ3n) is 2.96. The van der Waals surface area contributed by atoms with E-state index in [9.17, 15) is 9.90 Å². The predicted octanol–water partition coefficient (Wildman–Crippen LogP) is 3.30. The van der Waals surface area contributed by atoms with E-state index in [2.05, 4.69) is 0 Å². The van der Waals surface area contributed by atoms with Crippen molar-refractivity contribution in [3.05, 3.63) is 46.5 Å². The number of carbonyl (C=O) groups is 1. The summed E-state index contributed by atoms with van der Waals surface area (Å²) in [6.45, 7) is 3.99. The molecular formula is C14H15ClO2. The molecule has 1 aliphatic rings. The Morgan fingerprint density at radius 1 is 1.29 bits per heavy atom. The Morgan fingerprint density at radius 3 is 2.35 bits per heavy atom. The number of carbonyl (C=O) groups excluding carboxylic acids is 1. The van der Waals surface area contributed by atoms with Crippen molar-refractivity contribution in [1.82, 2.24) is 0 Å². The highest BCUT2D eigenvalue weighted by atomic mass is 35.5. The van der Waals surface area contributed by atoms with Crippen LogP contribution in [-0.2, 0) is 4.79 Å². The van der Waals surface area contributed by atoms with Crippen molar-refractivity contribution < 1.29 is 9.90 Å². The van der Waals surface area contributed by atoms with E-state index in [1.807, 2.05) is 19.9 Å². The molecule has 0 fully saturated rings. The molecule has 1 N–H and O–H groups in total. The van der Waals surface area contributed by atoms with Gasteiger partial charge in [-0.15, -0.1) is 0 Å². The zero-order valence-electron chi connectivity index (χ0n) is 9.90. The van der Waals surface area contributed by atoms with Gasteiger partial charge in [0.05, 0.1) is 0 Å². The molecule has 1 atom stereocenters. The maximum Gasteiger partial charge on any atom is 0.162 e. The molecule has 0 spiro atoms. The van der Waals surface area contributed by atoms with Gasteiger partial charge in [0, 0.05) is 17.0 Å². The van der Waals surface area contributed by atoms with Crippen LogP contribution in [0, 0.1) is 5.41 Å². The first kappa shape index (κ1) is 12.3. The van der Waals surface area contributed by atoms with E-state index in [0.29, 0.717) is 22.6 Å². The number of hydrogen-bond acceptors (Lipinski definition) is 2. The van der Waals surface area contributed by atoms with Crippen LogP contribution in [0.2, 0.25) is 5.02 Å². The Morgan fingerprint density at radius 2 is 1.88 bits per heavy atom. The predicted molar refractivity (Wildman–Crippen MR) is 67.9 cm³/mol. The number of hydrogen-bond donors (Lipinski definition) is 1. The number of allylic oxidation sites excluding steroid dienone is 1. The lowest BCUT2D eigenvalue weighted by molar-refractivity contribution is -0.116. The van der Waals surface area contributed by atoms with Gasteiger partial charge in [-0.1, -0.05) is 43.7 Å². The van der Waals surface area contributed by atoms with Crippen LogP contribution in [0.5, 0.6) is 0 Å². The van der Waals surface area contributed by atoms with Crippen LogP contribution in [0.4, 0.5) is 0 Å². The van der Waals surface area contributed by atoms with Crippen LogP contribution in [0.1, 0.15) is 31.9 Å². The van der Waals surface area contributed by atoms with Gasteiger partial charge in [-0.2, -0.15) is 0 Å². The normalized spacial score (nSPS) is 20.2. The molecule has 1 aliphatic carbocycles. The first-order valence-corrected chi connectivity index (χ1v) is 5.96. The Hall–Kier alpha value is -1.12. The highest BCUT2D eigenvalue weighted by molar-refractivity contribution is 6.30. The Balaban J connectivity index is 2.29. The summed E-state index contributed by atoms with van der Waals surface area (Å²) < 4.78 is 0. The smallest absolute Gasteiger partial charge is 0.162 e. The van der Waals surface area contributed by atoms with Crippen LogP contribution in [0.15, 0.2) is 35.9 Å². The minimum atomic E-state index is -0.846. The zero-order valence-corrected chi connectivity index (χ0v) is 10.7. The van der Waals surface area contributed by atoms with E-state index in [1.54, 1.807) is 24.3 Å². The van der Waals surface area contributed by atoms with Crippen LogP contribution < -0.4 is 0 Å². The third kappa shape index (κ3) is 2.59. The van der Waals surface area contributed by atoms with E-state index in [1.165, 1.54) is 0 Å². The summed E-state index contributed by atoms with van der Waals surface area (Å²) in [6.07, 6.45) is 1.49. The van der Waals surface area contributed by atoms with Gasteiger partial charge in [0.2, 0.25) is 0 Å². The van der Waals surface area contributed by atoms with Gasteiger partial charge in [-0.25, -0.2) is 0 Å². The number of halogens is 1. The molecule has 3 heteroatoms. The fourth-order valence-corrected chi connectivity index (χ4v) is 2.25. The van der Waals surface area contributed by atoms with Gasteiger partial charge in [0.15, 0.2) is 5.78 Å². The molecule has 2 nitrogen and oxygen atoms in total. The molecule has 0 bridgehead atoms. The van der Waals surface area contributed by atoms with Gasteiger partial charge in [-0.3, -0.25) is 4.79 Å². The molecule has 1 aromatic carbocycles. The van der Waals surface area contributed by atoms with Crippen molar-refractivity contribution in [3.63, 3.8) is 0 Å². The van der Waals surface area contributed by atoms with Crippen LogP contribution in [0.25, 0.3) is 0 Å². The molecule has 0 amide bonds. The second kappa shape index (κ2) is 4.28. The number of ketones is 1.